The minimum absolute atomic E-state index is 0.136. The quantitative estimate of drug-likeness (QED) is 0.514. The van der Waals surface area contributed by atoms with Crippen LogP contribution in [-0.2, 0) is 20.9 Å². The normalized spacial score (nSPS) is 15.0. The monoisotopic (exact) mass is 429 g/mol. The summed E-state index contributed by atoms with van der Waals surface area (Å²) >= 11 is 6.25. The maximum atomic E-state index is 12.2. The van der Waals surface area contributed by atoms with Gasteiger partial charge in [-0.3, -0.25) is 9.48 Å². The molecule has 0 unspecified atom stereocenters. The number of amides is 1. The lowest BCUT2D eigenvalue weighted by Gasteiger charge is -2.30. The van der Waals surface area contributed by atoms with Gasteiger partial charge in [0.05, 0.1) is 12.2 Å². The van der Waals surface area contributed by atoms with Crippen molar-refractivity contribution in [2.45, 2.75) is 40.2 Å². The van der Waals surface area contributed by atoms with Gasteiger partial charge in [-0.15, -0.1) is 0 Å². The highest BCUT2D eigenvalue weighted by atomic mass is 35.5. The minimum Gasteiger partial charge on any atom is -0.452 e. The lowest BCUT2D eigenvalue weighted by Crippen LogP contribution is -2.40. The zero-order chi connectivity index (χ0) is 21.7. The number of ether oxygens (including phenoxy) is 1. The van der Waals surface area contributed by atoms with Crippen LogP contribution in [0.15, 0.2) is 30.3 Å². The summed E-state index contributed by atoms with van der Waals surface area (Å²) in [6, 6.07) is 7.65. The standard InChI is InChI=1S/C23H28ClN3O3/c1-16-10-12-26(13-11-16)22(28)15-30-23(29)9-8-20-17(2)25-27(18(20)3)14-19-6-4-5-7-21(19)24/h4-9,16H,10-15H2,1-3H3/b9-8+. The molecule has 7 heteroatoms. The van der Waals surface area contributed by atoms with Gasteiger partial charge in [-0.05, 0) is 50.3 Å². The number of rotatable bonds is 6. The predicted molar refractivity (Wildman–Crippen MR) is 117 cm³/mol. The molecule has 2 aromatic rings. The van der Waals surface area contributed by atoms with Gasteiger partial charge >= 0.3 is 5.97 Å². The Morgan fingerprint density at radius 1 is 1.23 bits per heavy atom. The summed E-state index contributed by atoms with van der Waals surface area (Å²) in [4.78, 5) is 26.1. The van der Waals surface area contributed by atoms with Gasteiger partial charge in [0.2, 0.25) is 0 Å². The third-order valence-corrected chi connectivity index (χ3v) is 5.94. The van der Waals surface area contributed by atoms with Crippen molar-refractivity contribution >= 4 is 29.6 Å². The second-order valence-corrected chi connectivity index (χ2v) is 8.25. The van der Waals surface area contributed by atoms with Crippen LogP contribution >= 0.6 is 11.6 Å². The number of benzene rings is 1. The van der Waals surface area contributed by atoms with Gasteiger partial charge in [-0.2, -0.15) is 5.10 Å². The number of esters is 1. The van der Waals surface area contributed by atoms with Crippen LogP contribution in [-0.4, -0.2) is 46.3 Å². The van der Waals surface area contributed by atoms with Crippen LogP contribution < -0.4 is 0 Å². The molecule has 0 radical (unpaired) electrons. The number of aromatic nitrogens is 2. The van der Waals surface area contributed by atoms with E-state index in [4.69, 9.17) is 16.3 Å². The van der Waals surface area contributed by atoms with E-state index in [1.807, 2.05) is 42.8 Å². The molecule has 6 nitrogen and oxygen atoms in total. The Labute approximate surface area is 182 Å². The van der Waals surface area contributed by atoms with Crippen LogP contribution in [0.3, 0.4) is 0 Å². The molecule has 0 aliphatic carbocycles. The highest BCUT2D eigenvalue weighted by molar-refractivity contribution is 6.31. The first kappa shape index (κ1) is 22.1. The molecule has 2 heterocycles. The Balaban J connectivity index is 1.57. The average Bonchev–Trinajstić information content (AvgIpc) is 2.99. The van der Waals surface area contributed by atoms with Gasteiger partial charge < -0.3 is 9.64 Å². The first-order chi connectivity index (χ1) is 14.3. The molecule has 0 bridgehead atoms. The van der Waals surface area contributed by atoms with E-state index in [1.165, 1.54) is 6.08 Å². The SMILES string of the molecule is Cc1nn(Cc2ccccc2Cl)c(C)c1/C=C/C(=O)OCC(=O)N1CCC(C)CC1. The van der Waals surface area contributed by atoms with E-state index in [-0.39, 0.29) is 12.5 Å². The van der Waals surface area contributed by atoms with Crippen LogP contribution in [0.4, 0.5) is 0 Å². The Morgan fingerprint density at radius 3 is 2.63 bits per heavy atom. The third kappa shape index (κ3) is 5.51. The van der Waals surface area contributed by atoms with E-state index >= 15 is 0 Å². The molecule has 3 rings (SSSR count). The molecule has 0 saturated carbocycles. The number of halogens is 1. The molecule has 1 aromatic carbocycles. The summed E-state index contributed by atoms with van der Waals surface area (Å²) in [6.45, 7) is 7.82. The van der Waals surface area contributed by atoms with Gasteiger partial charge in [0.1, 0.15) is 0 Å². The number of hydrogen-bond acceptors (Lipinski definition) is 4. The number of piperidine rings is 1. The molecular weight excluding hydrogens is 402 g/mol. The van der Waals surface area contributed by atoms with Crippen molar-refractivity contribution in [2.75, 3.05) is 19.7 Å². The number of likely N-dealkylation sites (tertiary alicyclic amines) is 1. The van der Waals surface area contributed by atoms with Crippen LogP contribution in [0.2, 0.25) is 5.02 Å². The number of hydrogen-bond donors (Lipinski definition) is 0. The first-order valence-electron chi connectivity index (χ1n) is 10.2. The molecule has 30 heavy (non-hydrogen) atoms. The minimum atomic E-state index is -0.536. The van der Waals surface area contributed by atoms with Crippen molar-refractivity contribution in [2.24, 2.45) is 5.92 Å². The Hall–Kier alpha value is -2.60. The van der Waals surface area contributed by atoms with Crippen LogP contribution in [0.5, 0.6) is 0 Å². The molecule has 1 aliphatic heterocycles. The number of aryl methyl sites for hydroxylation is 1. The largest absolute Gasteiger partial charge is 0.452 e. The van der Waals surface area contributed by atoms with Crippen molar-refractivity contribution in [3.63, 3.8) is 0 Å². The predicted octanol–water partition coefficient (Wildman–Crippen LogP) is 4.02. The Kier molecular flexibility index (Phi) is 7.32. The summed E-state index contributed by atoms with van der Waals surface area (Å²) in [6.07, 6.45) is 5.03. The fourth-order valence-corrected chi connectivity index (χ4v) is 3.77. The Morgan fingerprint density at radius 2 is 1.93 bits per heavy atom. The summed E-state index contributed by atoms with van der Waals surface area (Å²) in [7, 11) is 0. The molecule has 0 N–H and O–H groups in total. The molecule has 0 spiro atoms. The highest BCUT2D eigenvalue weighted by Gasteiger charge is 2.21. The molecule has 1 fully saturated rings. The van der Waals surface area contributed by atoms with Crippen LogP contribution in [0, 0.1) is 19.8 Å². The van der Waals surface area contributed by atoms with Gasteiger partial charge in [0, 0.05) is 35.4 Å². The fourth-order valence-electron chi connectivity index (χ4n) is 3.58. The Bertz CT molecular complexity index is 943. The first-order valence-corrected chi connectivity index (χ1v) is 10.6. The van der Waals surface area contributed by atoms with Gasteiger partial charge in [0.15, 0.2) is 6.61 Å². The lowest BCUT2D eigenvalue weighted by atomic mass is 9.99. The van der Waals surface area contributed by atoms with Crippen molar-refractivity contribution in [1.29, 1.82) is 0 Å². The summed E-state index contributed by atoms with van der Waals surface area (Å²) < 4.78 is 7.01. The zero-order valence-electron chi connectivity index (χ0n) is 17.7. The number of carbonyl (C=O) groups is 2. The molecule has 160 valence electrons. The fraction of sp³-hybridized carbons (Fsp3) is 0.435. The molecule has 0 atom stereocenters. The van der Waals surface area contributed by atoms with Crippen molar-refractivity contribution in [3.8, 4) is 0 Å². The lowest BCUT2D eigenvalue weighted by molar-refractivity contribution is -0.148. The van der Waals surface area contributed by atoms with E-state index in [1.54, 1.807) is 11.0 Å². The summed E-state index contributed by atoms with van der Waals surface area (Å²) in [5, 5.41) is 5.25. The van der Waals surface area contributed by atoms with Gasteiger partial charge in [-0.1, -0.05) is 36.7 Å². The average molecular weight is 430 g/mol. The van der Waals surface area contributed by atoms with E-state index in [0.717, 1.165) is 48.4 Å². The van der Waals surface area contributed by atoms with Crippen molar-refractivity contribution in [1.82, 2.24) is 14.7 Å². The highest BCUT2D eigenvalue weighted by Crippen LogP contribution is 2.20. The maximum Gasteiger partial charge on any atom is 0.331 e. The topological polar surface area (TPSA) is 64.4 Å². The van der Waals surface area contributed by atoms with Gasteiger partial charge in [-0.25, -0.2) is 4.79 Å². The van der Waals surface area contributed by atoms with Gasteiger partial charge in [0.25, 0.3) is 5.91 Å². The van der Waals surface area contributed by atoms with E-state index in [0.29, 0.717) is 17.5 Å². The van der Waals surface area contributed by atoms with Crippen molar-refractivity contribution < 1.29 is 14.3 Å². The molecule has 1 aromatic heterocycles. The number of nitrogens with zero attached hydrogens (tertiary/aromatic N) is 3. The smallest absolute Gasteiger partial charge is 0.331 e. The van der Waals surface area contributed by atoms with Crippen molar-refractivity contribution in [3.05, 3.63) is 57.9 Å². The number of carbonyl (C=O) groups excluding carboxylic acids is 2. The molecule has 1 saturated heterocycles. The molecule has 1 amide bonds. The van der Waals surface area contributed by atoms with E-state index < -0.39 is 5.97 Å². The molecule has 1 aliphatic rings. The second kappa shape index (κ2) is 9.94. The maximum absolute atomic E-state index is 12.2. The molecular formula is C23H28ClN3O3. The van der Waals surface area contributed by atoms with E-state index in [2.05, 4.69) is 12.0 Å². The van der Waals surface area contributed by atoms with Crippen LogP contribution in [0.25, 0.3) is 6.08 Å². The van der Waals surface area contributed by atoms with Crippen LogP contribution in [0.1, 0.15) is 42.3 Å². The zero-order valence-corrected chi connectivity index (χ0v) is 18.5. The summed E-state index contributed by atoms with van der Waals surface area (Å²) in [5.41, 5.74) is 3.57. The van der Waals surface area contributed by atoms with E-state index in [9.17, 15) is 9.59 Å². The summed E-state index contributed by atoms with van der Waals surface area (Å²) in [5.74, 6) is -0.0280. The third-order valence-electron chi connectivity index (χ3n) is 5.58. The second-order valence-electron chi connectivity index (χ2n) is 7.84.